The molecule has 7 nitrogen and oxygen atoms in total. The Morgan fingerprint density at radius 1 is 1.25 bits per heavy atom. The standard InChI is InChI=1S/C20H19N3O4S/c24-19(17-4-2-8-28-17)14-3-1-7-23(10-14)11-18-21-20(22-27-18)13-5-6-15-16(9-13)26-12-25-15/h2,4-6,8-9,14H,1,3,7,10-12H2/t14-/m1/s1. The van der Waals surface area contributed by atoms with Crippen LogP contribution in [0.3, 0.4) is 0 Å². The van der Waals surface area contributed by atoms with E-state index in [9.17, 15) is 4.79 Å². The molecule has 1 fully saturated rings. The molecular weight excluding hydrogens is 378 g/mol. The molecule has 0 spiro atoms. The highest BCUT2D eigenvalue weighted by Crippen LogP contribution is 2.35. The number of carbonyl (C=O) groups is 1. The first-order chi connectivity index (χ1) is 13.8. The zero-order valence-electron chi connectivity index (χ0n) is 15.2. The number of hydrogen-bond acceptors (Lipinski definition) is 8. The Bertz CT molecular complexity index is 985. The van der Waals surface area contributed by atoms with Crippen molar-refractivity contribution in [3.63, 3.8) is 0 Å². The van der Waals surface area contributed by atoms with E-state index in [1.165, 1.54) is 11.3 Å². The van der Waals surface area contributed by atoms with Gasteiger partial charge in [-0.2, -0.15) is 4.98 Å². The van der Waals surface area contributed by atoms with Crippen molar-refractivity contribution in [2.24, 2.45) is 5.92 Å². The van der Waals surface area contributed by atoms with E-state index in [1.807, 2.05) is 35.7 Å². The summed E-state index contributed by atoms with van der Waals surface area (Å²) in [5.41, 5.74) is 0.823. The first kappa shape index (κ1) is 17.4. The fourth-order valence-corrected chi connectivity index (χ4v) is 4.44. The second-order valence-corrected chi connectivity index (χ2v) is 7.94. The van der Waals surface area contributed by atoms with Crippen LogP contribution in [0.4, 0.5) is 0 Å². The van der Waals surface area contributed by atoms with Crippen molar-refractivity contribution in [1.82, 2.24) is 15.0 Å². The Labute approximate surface area is 165 Å². The van der Waals surface area contributed by atoms with Gasteiger partial charge in [-0.3, -0.25) is 9.69 Å². The molecular formula is C20H19N3O4S. The van der Waals surface area contributed by atoms with Crippen LogP contribution in [0.5, 0.6) is 11.5 Å². The lowest BCUT2D eigenvalue weighted by Crippen LogP contribution is -2.38. The smallest absolute Gasteiger partial charge is 0.241 e. The maximum Gasteiger partial charge on any atom is 0.241 e. The summed E-state index contributed by atoms with van der Waals surface area (Å²) in [4.78, 5) is 20.2. The quantitative estimate of drug-likeness (QED) is 0.609. The van der Waals surface area contributed by atoms with E-state index in [0.717, 1.165) is 42.1 Å². The molecule has 3 aromatic rings. The predicted octanol–water partition coefficient (Wildman–Crippen LogP) is 3.62. The summed E-state index contributed by atoms with van der Waals surface area (Å²) in [6, 6.07) is 9.42. The van der Waals surface area contributed by atoms with Gasteiger partial charge in [-0.15, -0.1) is 11.3 Å². The number of hydrogen-bond donors (Lipinski definition) is 0. The molecule has 4 heterocycles. The first-order valence-electron chi connectivity index (χ1n) is 9.29. The fraction of sp³-hybridized carbons (Fsp3) is 0.350. The molecule has 8 heteroatoms. The van der Waals surface area contributed by atoms with E-state index in [4.69, 9.17) is 14.0 Å². The SMILES string of the molecule is O=C(c1cccs1)[C@@H]1CCCN(Cc2nc(-c3ccc4c(c3)OCO4)no2)C1. The van der Waals surface area contributed by atoms with Crippen LogP contribution >= 0.6 is 11.3 Å². The summed E-state index contributed by atoms with van der Waals surface area (Å²) in [5.74, 6) is 2.76. The molecule has 144 valence electrons. The van der Waals surface area contributed by atoms with E-state index in [-0.39, 0.29) is 18.5 Å². The number of benzene rings is 1. The molecule has 5 rings (SSSR count). The highest BCUT2D eigenvalue weighted by atomic mass is 32.1. The van der Waals surface area contributed by atoms with Crippen LogP contribution < -0.4 is 9.47 Å². The average Bonchev–Trinajstić information content (AvgIpc) is 3.48. The van der Waals surface area contributed by atoms with Gasteiger partial charge in [0.25, 0.3) is 0 Å². The minimum absolute atomic E-state index is 0.0312. The van der Waals surface area contributed by atoms with E-state index >= 15 is 0 Å². The van der Waals surface area contributed by atoms with Crippen molar-refractivity contribution in [2.45, 2.75) is 19.4 Å². The number of ketones is 1. The minimum Gasteiger partial charge on any atom is -0.454 e. The number of likely N-dealkylation sites (tertiary alicyclic amines) is 1. The number of nitrogens with zero attached hydrogens (tertiary/aromatic N) is 3. The summed E-state index contributed by atoms with van der Waals surface area (Å²) in [5, 5.41) is 6.05. The molecule has 1 saturated heterocycles. The Kier molecular flexibility index (Phi) is 4.58. The number of piperidine rings is 1. The van der Waals surface area contributed by atoms with Gasteiger partial charge in [-0.25, -0.2) is 0 Å². The number of ether oxygens (including phenoxy) is 2. The maximum atomic E-state index is 12.7. The second-order valence-electron chi connectivity index (χ2n) is 7.00. The zero-order valence-corrected chi connectivity index (χ0v) is 16.0. The van der Waals surface area contributed by atoms with Crippen LogP contribution in [0.1, 0.15) is 28.4 Å². The van der Waals surface area contributed by atoms with Gasteiger partial charge in [0.15, 0.2) is 17.3 Å². The number of Topliss-reactive ketones (excluding diaryl/α,β-unsaturated/α-hetero) is 1. The molecule has 0 unspecified atom stereocenters. The molecule has 1 aromatic carbocycles. The van der Waals surface area contributed by atoms with E-state index in [0.29, 0.717) is 24.0 Å². The molecule has 1 atom stereocenters. The van der Waals surface area contributed by atoms with Gasteiger partial charge < -0.3 is 14.0 Å². The molecule has 0 amide bonds. The van der Waals surface area contributed by atoms with Gasteiger partial charge in [0, 0.05) is 18.0 Å². The van der Waals surface area contributed by atoms with Gasteiger partial charge in [-0.1, -0.05) is 11.2 Å². The van der Waals surface area contributed by atoms with E-state index in [1.54, 1.807) is 0 Å². The zero-order chi connectivity index (χ0) is 18.9. The summed E-state index contributed by atoms with van der Waals surface area (Å²) in [6.07, 6.45) is 1.92. The van der Waals surface area contributed by atoms with Crippen molar-refractivity contribution in [1.29, 1.82) is 0 Å². The van der Waals surface area contributed by atoms with Gasteiger partial charge in [0.1, 0.15) is 0 Å². The second kappa shape index (κ2) is 7.37. The van der Waals surface area contributed by atoms with Gasteiger partial charge in [0.2, 0.25) is 18.5 Å². The maximum absolute atomic E-state index is 12.7. The molecule has 0 N–H and O–H groups in total. The topological polar surface area (TPSA) is 77.7 Å². The van der Waals surface area contributed by atoms with Crippen molar-refractivity contribution >= 4 is 17.1 Å². The van der Waals surface area contributed by atoms with Crippen LogP contribution in [0.15, 0.2) is 40.2 Å². The molecule has 2 aliphatic rings. The molecule has 2 aromatic heterocycles. The highest BCUT2D eigenvalue weighted by molar-refractivity contribution is 7.12. The molecule has 0 radical (unpaired) electrons. The summed E-state index contributed by atoms with van der Waals surface area (Å²) in [6.45, 7) is 2.43. The third-order valence-corrected chi connectivity index (χ3v) is 5.98. The summed E-state index contributed by atoms with van der Waals surface area (Å²) >= 11 is 1.51. The molecule has 0 aliphatic carbocycles. The van der Waals surface area contributed by atoms with Crippen molar-refractivity contribution < 1.29 is 18.8 Å². The number of carbonyl (C=O) groups excluding carboxylic acids is 1. The van der Waals surface area contributed by atoms with Gasteiger partial charge in [-0.05, 0) is 49.0 Å². The third kappa shape index (κ3) is 3.41. The predicted molar refractivity (Wildman–Crippen MR) is 103 cm³/mol. The largest absolute Gasteiger partial charge is 0.454 e. The highest BCUT2D eigenvalue weighted by Gasteiger charge is 2.28. The lowest BCUT2D eigenvalue weighted by molar-refractivity contribution is 0.0801. The normalized spacial score (nSPS) is 19.1. The van der Waals surface area contributed by atoms with Crippen LogP contribution in [-0.4, -0.2) is 40.7 Å². The van der Waals surface area contributed by atoms with Crippen LogP contribution in [0.2, 0.25) is 0 Å². The summed E-state index contributed by atoms with van der Waals surface area (Å²) in [7, 11) is 0. The average molecular weight is 397 g/mol. The van der Waals surface area contributed by atoms with Crippen molar-refractivity contribution in [2.75, 3.05) is 19.9 Å². The van der Waals surface area contributed by atoms with E-state index < -0.39 is 0 Å². The fourth-order valence-electron chi connectivity index (χ4n) is 3.70. The number of fused-ring (bicyclic) bond motifs is 1. The molecule has 0 bridgehead atoms. The Hall–Kier alpha value is -2.71. The number of aromatic nitrogens is 2. The third-order valence-electron chi connectivity index (χ3n) is 5.10. The minimum atomic E-state index is 0.0312. The van der Waals surface area contributed by atoms with Crippen molar-refractivity contribution in [3.05, 3.63) is 46.5 Å². The lowest BCUT2D eigenvalue weighted by atomic mass is 9.93. The number of rotatable bonds is 5. The molecule has 28 heavy (non-hydrogen) atoms. The Morgan fingerprint density at radius 2 is 2.18 bits per heavy atom. The summed E-state index contributed by atoms with van der Waals surface area (Å²) < 4.78 is 16.2. The lowest BCUT2D eigenvalue weighted by Gasteiger charge is -2.30. The number of thiophene rings is 1. The monoisotopic (exact) mass is 397 g/mol. The Balaban J connectivity index is 1.26. The van der Waals surface area contributed by atoms with Crippen molar-refractivity contribution in [3.8, 4) is 22.9 Å². The molecule has 0 saturated carbocycles. The molecule has 2 aliphatic heterocycles. The van der Waals surface area contributed by atoms with Gasteiger partial charge >= 0.3 is 0 Å². The van der Waals surface area contributed by atoms with Gasteiger partial charge in [0.05, 0.1) is 11.4 Å². The Morgan fingerprint density at radius 3 is 3.07 bits per heavy atom. The first-order valence-corrected chi connectivity index (χ1v) is 10.2. The van der Waals surface area contributed by atoms with Crippen LogP contribution in [0, 0.1) is 5.92 Å². The van der Waals surface area contributed by atoms with E-state index in [2.05, 4.69) is 15.0 Å². The van der Waals surface area contributed by atoms with Crippen LogP contribution in [0.25, 0.3) is 11.4 Å². The van der Waals surface area contributed by atoms with Crippen LogP contribution in [-0.2, 0) is 6.54 Å².